The average molecular weight is 291 g/mol. The number of amides is 1. The minimum atomic E-state index is -0.0363. The Morgan fingerprint density at radius 2 is 2.05 bits per heavy atom. The fourth-order valence-corrected chi connectivity index (χ4v) is 5.85. The van der Waals surface area contributed by atoms with E-state index in [2.05, 4.69) is 11.8 Å². The summed E-state index contributed by atoms with van der Waals surface area (Å²) in [5, 5.41) is 0. The Hall–Kier alpha value is -1.06. The van der Waals surface area contributed by atoms with Gasteiger partial charge in [-0.2, -0.15) is 0 Å². The maximum atomic E-state index is 12.5. The first-order valence-corrected chi connectivity index (χ1v) is 8.63. The Kier molecular flexibility index (Phi) is 3.05. The summed E-state index contributed by atoms with van der Waals surface area (Å²) in [5.74, 6) is 1.83. The van der Waals surface area contributed by atoms with E-state index < -0.39 is 0 Å². The molecule has 0 aromatic carbocycles. The van der Waals surface area contributed by atoms with Gasteiger partial charge in [-0.25, -0.2) is 0 Å². The van der Waals surface area contributed by atoms with Gasteiger partial charge in [0.25, 0.3) is 0 Å². The lowest BCUT2D eigenvalue weighted by atomic mass is 9.60. The molecular formula is C17H25NO3. The predicted molar refractivity (Wildman–Crippen MR) is 77.3 cm³/mol. The second-order valence-electron chi connectivity index (χ2n) is 7.44. The van der Waals surface area contributed by atoms with E-state index in [0.717, 1.165) is 19.4 Å². The highest BCUT2D eigenvalue weighted by Crippen LogP contribution is 2.55. The van der Waals surface area contributed by atoms with E-state index in [4.69, 9.17) is 4.74 Å². The Balaban J connectivity index is 1.77. The first kappa shape index (κ1) is 13.6. The molecule has 4 fully saturated rings. The summed E-state index contributed by atoms with van der Waals surface area (Å²) in [5.41, 5.74) is 0. The molecule has 4 aliphatic rings. The van der Waals surface area contributed by atoms with Gasteiger partial charge in [-0.15, -0.1) is 0 Å². The van der Waals surface area contributed by atoms with Gasteiger partial charge in [0.15, 0.2) is 0 Å². The van der Waals surface area contributed by atoms with Crippen LogP contribution in [0.3, 0.4) is 0 Å². The molecule has 0 radical (unpaired) electrons. The maximum absolute atomic E-state index is 12.5. The van der Waals surface area contributed by atoms with Crippen molar-refractivity contribution in [1.82, 2.24) is 4.90 Å². The number of hydrogen-bond donors (Lipinski definition) is 0. The van der Waals surface area contributed by atoms with Gasteiger partial charge in [0.2, 0.25) is 5.91 Å². The highest BCUT2D eigenvalue weighted by atomic mass is 16.6. The van der Waals surface area contributed by atoms with E-state index in [9.17, 15) is 9.59 Å². The Bertz CT molecular complexity index is 477. The summed E-state index contributed by atoms with van der Waals surface area (Å²) in [6.07, 6.45) is 5.28. The second-order valence-corrected chi connectivity index (χ2v) is 7.44. The molecule has 21 heavy (non-hydrogen) atoms. The zero-order valence-corrected chi connectivity index (χ0v) is 13.0. The van der Waals surface area contributed by atoms with Gasteiger partial charge >= 0.3 is 5.97 Å². The number of fused-ring (bicyclic) bond motifs is 2. The van der Waals surface area contributed by atoms with E-state index in [-0.39, 0.29) is 23.9 Å². The number of ether oxygens (including phenoxy) is 1. The van der Waals surface area contributed by atoms with Crippen molar-refractivity contribution in [3.63, 3.8) is 0 Å². The van der Waals surface area contributed by atoms with Gasteiger partial charge in [-0.05, 0) is 31.1 Å². The van der Waals surface area contributed by atoms with E-state index in [1.165, 1.54) is 12.8 Å². The minimum absolute atomic E-state index is 0.0361. The molecule has 1 saturated carbocycles. The molecule has 3 heterocycles. The molecule has 7 atom stereocenters. The molecule has 4 rings (SSSR count). The lowest BCUT2D eigenvalue weighted by Crippen LogP contribution is -2.53. The molecule has 1 amide bonds. The van der Waals surface area contributed by atoms with Crippen LogP contribution in [0.25, 0.3) is 0 Å². The Morgan fingerprint density at radius 3 is 2.81 bits per heavy atom. The molecule has 4 nitrogen and oxygen atoms in total. The highest BCUT2D eigenvalue weighted by molar-refractivity contribution is 5.81. The molecule has 0 spiro atoms. The van der Waals surface area contributed by atoms with Gasteiger partial charge in [0.1, 0.15) is 6.10 Å². The summed E-state index contributed by atoms with van der Waals surface area (Å²) in [4.78, 5) is 26.8. The first-order chi connectivity index (χ1) is 10.1. The molecule has 1 aliphatic carbocycles. The van der Waals surface area contributed by atoms with E-state index in [0.29, 0.717) is 36.1 Å². The Morgan fingerprint density at radius 1 is 1.24 bits per heavy atom. The van der Waals surface area contributed by atoms with Crippen LogP contribution in [-0.2, 0) is 14.3 Å². The van der Waals surface area contributed by atoms with Crippen molar-refractivity contribution in [2.75, 3.05) is 6.54 Å². The van der Waals surface area contributed by atoms with Crippen LogP contribution in [0.2, 0.25) is 0 Å². The highest BCUT2D eigenvalue weighted by Gasteiger charge is 2.62. The molecule has 116 valence electrons. The van der Waals surface area contributed by atoms with Crippen LogP contribution in [0.5, 0.6) is 0 Å². The number of nitrogens with zero attached hydrogens (tertiary/aromatic N) is 1. The van der Waals surface area contributed by atoms with E-state index >= 15 is 0 Å². The third kappa shape index (κ3) is 1.74. The molecule has 0 aromatic rings. The van der Waals surface area contributed by atoms with Gasteiger partial charge in [0.05, 0.1) is 5.92 Å². The largest absolute Gasteiger partial charge is 0.462 e. The van der Waals surface area contributed by atoms with Crippen LogP contribution >= 0.6 is 0 Å². The second kappa shape index (κ2) is 4.72. The summed E-state index contributed by atoms with van der Waals surface area (Å²) in [6, 6.07) is 0.378. The third-order valence-electron chi connectivity index (χ3n) is 6.67. The van der Waals surface area contributed by atoms with Crippen LogP contribution < -0.4 is 0 Å². The van der Waals surface area contributed by atoms with Crippen molar-refractivity contribution in [2.45, 2.75) is 58.1 Å². The third-order valence-corrected chi connectivity index (χ3v) is 6.67. The number of carbonyl (C=O) groups is 2. The Labute approximate surface area is 126 Å². The van der Waals surface area contributed by atoms with Crippen molar-refractivity contribution in [3.05, 3.63) is 0 Å². The van der Waals surface area contributed by atoms with Crippen LogP contribution in [0.4, 0.5) is 0 Å². The van der Waals surface area contributed by atoms with Crippen molar-refractivity contribution < 1.29 is 14.3 Å². The number of esters is 1. The topological polar surface area (TPSA) is 46.6 Å². The summed E-state index contributed by atoms with van der Waals surface area (Å²) >= 11 is 0. The van der Waals surface area contributed by atoms with Crippen molar-refractivity contribution in [1.29, 1.82) is 0 Å². The van der Waals surface area contributed by atoms with E-state index in [1.807, 2.05) is 6.92 Å². The zero-order valence-electron chi connectivity index (χ0n) is 13.0. The van der Waals surface area contributed by atoms with Crippen LogP contribution in [0.15, 0.2) is 0 Å². The molecule has 3 aliphatic heterocycles. The van der Waals surface area contributed by atoms with Gasteiger partial charge in [-0.1, -0.05) is 20.3 Å². The van der Waals surface area contributed by atoms with E-state index in [1.54, 1.807) is 0 Å². The number of carbonyl (C=O) groups excluding carboxylic acids is 2. The van der Waals surface area contributed by atoms with Gasteiger partial charge in [0, 0.05) is 30.8 Å². The minimum Gasteiger partial charge on any atom is -0.462 e. The van der Waals surface area contributed by atoms with Crippen LogP contribution in [0.1, 0.15) is 46.0 Å². The fraction of sp³-hybridized carbons (Fsp3) is 0.882. The summed E-state index contributed by atoms with van der Waals surface area (Å²) in [7, 11) is 0. The molecule has 0 N–H and O–H groups in total. The number of rotatable bonds is 1. The average Bonchev–Trinajstić information content (AvgIpc) is 2.82. The summed E-state index contributed by atoms with van der Waals surface area (Å²) < 4.78 is 5.79. The smallest absolute Gasteiger partial charge is 0.309 e. The molecule has 0 unspecified atom stereocenters. The van der Waals surface area contributed by atoms with Gasteiger partial charge < -0.3 is 9.64 Å². The fourth-order valence-electron chi connectivity index (χ4n) is 5.85. The molecule has 0 bridgehead atoms. The lowest BCUT2D eigenvalue weighted by molar-refractivity contribution is -0.148. The monoisotopic (exact) mass is 291 g/mol. The molecule has 3 saturated heterocycles. The SMILES string of the molecule is CC[C@@H]1[C@H]2CCCCN3C(=O)C[C@H]([C@@H]4[C@H]1OC(=O)[C@H]4C)[C@@H]23. The quantitative estimate of drug-likeness (QED) is 0.696. The lowest BCUT2D eigenvalue weighted by Gasteiger charge is -2.47. The first-order valence-electron chi connectivity index (χ1n) is 8.63. The van der Waals surface area contributed by atoms with Crippen molar-refractivity contribution in [2.24, 2.45) is 29.6 Å². The zero-order chi connectivity index (χ0) is 14.7. The molecule has 4 heteroatoms. The normalized spacial score (nSPS) is 48.7. The number of hydrogen-bond acceptors (Lipinski definition) is 3. The van der Waals surface area contributed by atoms with Gasteiger partial charge in [-0.3, -0.25) is 9.59 Å². The van der Waals surface area contributed by atoms with Crippen molar-refractivity contribution >= 4 is 11.9 Å². The standard InChI is InChI=1S/C17H25NO3/c1-3-10-11-6-4-5-7-18-13(19)8-12(15(11)18)14-9(2)17(20)21-16(10)14/h9-12,14-16H,3-8H2,1-2H3/t9-,10+,11+,12+,14+,15+,16-/m0/s1. The van der Waals surface area contributed by atoms with Crippen molar-refractivity contribution in [3.8, 4) is 0 Å². The van der Waals surface area contributed by atoms with Crippen LogP contribution in [-0.4, -0.2) is 35.5 Å². The predicted octanol–water partition coefficient (Wildman–Crippen LogP) is 2.22. The van der Waals surface area contributed by atoms with Crippen LogP contribution in [0, 0.1) is 29.6 Å². The molecule has 0 aromatic heterocycles. The summed E-state index contributed by atoms with van der Waals surface area (Å²) in [6.45, 7) is 5.14. The maximum Gasteiger partial charge on any atom is 0.309 e. The molecular weight excluding hydrogens is 266 g/mol.